The molecule has 1 aliphatic heterocycles. The van der Waals surface area contributed by atoms with Crippen LogP contribution in [0.15, 0.2) is 67.3 Å². The Balaban J connectivity index is 1.37. The van der Waals surface area contributed by atoms with Gasteiger partial charge in [-0.05, 0) is 54.0 Å². The highest BCUT2D eigenvalue weighted by molar-refractivity contribution is 5.92. The number of fused-ring (bicyclic) bond motifs is 1. The molecule has 3 aromatic rings. The molecule has 1 N–H and O–H groups in total. The fourth-order valence-corrected chi connectivity index (χ4v) is 3.17. The van der Waals surface area contributed by atoms with Gasteiger partial charge >= 0.3 is 0 Å². The van der Waals surface area contributed by atoms with Crippen molar-refractivity contribution in [3.8, 4) is 11.4 Å². The summed E-state index contributed by atoms with van der Waals surface area (Å²) in [5, 5.41) is 3.00. The van der Waals surface area contributed by atoms with Crippen LogP contribution in [-0.4, -0.2) is 22.1 Å². The summed E-state index contributed by atoms with van der Waals surface area (Å²) >= 11 is 0. The second kappa shape index (κ2) is 7.50. The van der Waals surface area contributed by atoms with Crippen molar-refractivity contribution < 1.29 is 9.53 Å². The van der Waals surface area contributed by atoms with E-state index in [0.717, 1.165) is 35.6 Å². The minimum Gasteiger partial charge on any atom is -0.493 e. The van der Waals surface area contributed by atoms with E-state index in [4.69, 9.17) is 4.74 Å². The van der Waals surface area contributed by atoms with Crippen LogP contribution in [0.1, 0.15) is 29.7 Å². The second-order valence-electron chi connectivity index (χ2n) is 6.59. The summed E-state index contributed by atoms with van der Waals surface area (Å²) in [5.41, 5.74) is 4.29. The average Bonchev–Trinajstić information content (AvgIpc) is 3.38. The van der Waals surface area contributed by atoms with Gasteiger partial charge in [0.15, 0.2) is 0 Å². The summed E-state index contributed by atoms with van der Waals surface area (Å²) in [7, 11) is 0. The van der Waals surface area contributed by atoms with Crippen LogP contribution in [0.4, 0.5) is 0 Å². The number of ether oxygens (including phenoxy) is 1. The Morgan fingerprint density at radius 3 is 2.89 bits per heavy atom. The summed E-state index contributed by atoms with van der Waals surface area (Å²) in [6.45, 7) is 2.71. The third-order valence-corrected chi connectivity index (χ3v) is 4.70. The first-order valence-corrected chi connectivity index (χ1v) is 9.01. The third kappa shape index (κ3) is 3.92. The summed E-state index contributed by atoms with van der Waals surface area (Å²) in [6.07, 6.45) is 9.75. The van der Waals surface area contributed by atoms with Crippen LogP contribution in [-0.2, 0) is 11.2 Å². The SMILES string of the molecule is C[C@@H](NC(=O)/C=C/c1ccc2c(c1)CCO2)c1ccc(-n2ccnc2)cc1. The number of carbonyl (C=O) groups is 1. The predicted octanol–water partition coefficient (Wildman–Crippen LogP) is 3.70. The lowest BCUT2D eigenvalue weighted by Crippen LogP contribution is -2.24. The molecular formula is C22H21N3O2. The Hall–Kier alpha value is -3.34. The number of rotatable bonds is 5. The molecule has 0 fully saturated rings. The molecule has 1 amide bonds. The van der Waals surface area contributed by atoms with Gasteiger partial charge in [-0.1, -0.05) is 18.2 Å². The topological polar surface area (TPSA) is 56.1 Å². The summed E-state index contributed by atoms with van der Waals surface area (Å²) in [4.78, 5) is 16.3. The standard InChI is InChI=1S/C22H21N3O2/c1-16(18-4-6-20(7-5-18)25-12-11-23-15-25)24-22(26)9-3-17-2-8-21-19(14-17)10-13-27-21/h2-9,11-12,14-16H,10,13H2,1H3,(H,24,26)/b9-3+/t16-/m1/s1. The summed E-state index contributed by atoms with van der Waals surface area (Å²) < 4.78 is 7.45. The van der Waals surface area contributed by atoms with E-state index in [1.165, 1.54) is 5.56 Å². The monoisotopic (exact) mass is 359 g/mol. The lowest BCUT2D eigenvalue weighted by molar-refractivity contribution is -0.117. The van der Waals surface area contributed by atoms with E-state index in [9.17, 15) is 4.79 Å². The van der Waals surface area contributed by atoms with Crippen molar-refractivity contribution in [2.45, 2.75) is 19.4 Å². The maximum Gasteiger partial charge on any atom is 0.244 e. The van der Waals surface area contributed by atoms with Crippen LogP contribution in [0.25, 0.3) is 11.8 Å². The van der Waals surface area contributed by atoms with Gasteiger partial charge in [0.25, 0.3) is 0 Å². The van der Waals surface area contributed by atoms with Crippen LogP contribution in [0.5, 0.6) is 5.75 Å². The Labute approximate surface area is 158 Å². The number of amides is 1. The molecule has 2 aromatic carbocycles. The van der Waals surface area contributed by atoms with Gasteiger partial charge in [0, 0.05) is 30.6 Å². The van der Waals surface area contributed by atoms with E-state index in [-0.39, 0.29) is 11.9 Å². The van der Waals surface area contributed by atoms with Gasteiger partial charge in [-0.15, -0.1) is 0 Å². The minimum atomic E-state index is -0.113. The zero-order valence-corrected chi connectivity index (χ0v) is 15.1. The van der Waals surface area contributed by atoms with Gasteiger partial charge in [-0.2, -0.15) is 0 Å². The molecule has 1 aromatic heterocycles. The number of benzene rings is 2. The second-order valence-corrected chi connectivity index (χ2v) is 6.59. The molecule has 0 bridgehead atoms. The number of nitrogens with one attached hydrogen (secondary N) is 1. The normalized spacial score (nSPS) is 14.0. The first kappa shape index (κ1) is 17.1. The summed E-state index contributed by atoms with van der Waals surface area (Å²) in [5.74, 6) is 0.835. The van der Waals surface area contributed by atoms with Gasteiger partial charge in [-0.25, -0.2) is 4.98 Å². The van der Waals surface area contributed by atoms with Crippen molar-refractivity contribution in [3.63, 3.8) is 0 Å². The molecule has 27 heavy (non-hydrogen) atoms. The minimum absolute atomic E-state index is 0.0765. The Morgan fingerprint density at radius 2 is 2.11 bits per heavy atom. The number of hydrogen-bond acceptors (Lipinski definition) is 3. The van der Waals surface area contributed by atoms with Gasteiger partial charge in [-0.3, -0.25) is 4.79 Å². The molecule has 0 spiro atoms. The summed E-state index contributed by atoms with van der Waals surface area (Å²) in [6, 6.07) is 14.0. The molecular weight excluding hydrogens is 338 g/mol. The van der Waals surface area contributed by atoms with Gasteiger partial charge in [0.2, 0.25) is 5.91 Å². The molecule has 136 valence electrons. The van der Waals surface area contributed by atoms with Crippen LogP contribution < -0.4 is 10.1 Å². The largest absolute Gasteiger partial charge is 0.493 e. The Bertz CT molecular complexity index is 960. The third-order valence-electron chi connectivity index (χ3n) is 4.70. The van der Waals surface area contributed by atoms with E-state index < -0.39 is 0 Å². The van der Waals surface area contributed by atoms with E-state index in [2.05, 4.69) is 16.4 Å². The molecule has 1 atom stereocenters. The van der Waals surface area contributed by atoms with Crippen LogP contribution in [0, 0.1) is 0 Å². The molecule has 2 heterocycles. The fourth-order valence-electron chi connectivity index (χ4n) is 3.17. The smallest absolute Gasteiger partial charge is 0.244 e. The Morgan fingerprint density at radius 1 is 1.26 bits per heavy atom. The van der Waals surface area contributed by atoms with Crippen molar-refractivity contribution in [1.82, 2.24) is 14.9 Å². The fraction of sp³-hybridized carbons (Fsp3) is 0.182. The van der Waals surface area contributed by atoms with Crippen molar-refractivity contribution in [2.24, 2.45) is 0 Å². The first-order valence-electron chi connectivity index (χ1n) is 9.01. The van der Waals surface area contributed by atoms with Gasteiger partial charge in [0.05, 0.1) is 19.0 Å². The van der Waals surface area contributed by atoms with E-state index in [1.54, 1.807) is 18.6 Å². The molecule has 0 aliphatic carbocycles. The highest BCUT2D eigenvalue weighted by Crippen LogP contribution is 2.26. The molecule has 1 aliphatic rings. The predicted molar refractivity (Wildman–Crippen MR) is 105 cm³/mol. The number of nitrogens with zero attached hydrogens (tertiary/aromatic N) is 2. The van der Waals surface area contributed by atoms with Gasteiger partial charge in [0.1, 0.15) is 5.75 Å². The first-order chi connectivity index (χ1) is 13.2. The van der Waals surface area contributed by atoms with Crippen LogP contribution in [0.3, 0.4) is 0 Å². The molecule has 0 unspecified atom stereocenters. The molecule has 0 saturated heterocycles. The number of hydrogen-bond donors (Lipinski definition) is 1. The van der Waals surface area contributed by atoms with Crippen molar-refractivity contribution in [2.75, 3.05) is 6.61 Å². The van der Waals surface area contributed by atoms with E-state index >= 15 is 0 Å². The van der Waals surface area contributed by atoms with Crippen molar-refractivity contribution in [1.29, 1.82) is 0 Å². The lowest BCUT2D eigenvalue weighted by atomic mass is 10.1. The Kier molecular flexibility index (Phi) is 4.75. The van der Waals surface area contributed by atoms with Crippen LogP contribution >= 0.6 is 0 Å². The molecule has 0 radical (unpaired) electrons. The highest BCUT2D eigenvalue weighted by Gasteiger charge is 2.11. The van der Waals surface area contributed by atoms with E-state index in [1.807, 2.05) is 60.2 Å². The molecule has 5 heteroatoms. The van der Waals surface area contributed by atoms with Crippen molar-refractivity contribution >= 4 is 12.0 Å². The number of aromatic nitrogens is 2. The van der Waals surface area contributed by atoms with Crippen molar-refractivity contribution in [3.05, 3.63) is 84.0 Å². The van der Waals surface area contributed by atoms with E-state index in [0.29, 0.717) is 0 Å². The molecule has 4 rings (SSSR count). The van der Waals surface area contributed by atoms with Crippen LogP contribution in [0.2, 0.25) is 0 Å². The molecule has 0 saturated carbocycles. The highest BCUT2D eigenvalue weighted by atomic mass is 16.5. The maximum atomic E-state index is 12.3. The number of carbonyl (C=O) groups excluding carboxylic acids is 1. The zero-order valence-electron chi connectivity index (χ0n) is 15.1. The maximum absolute atomic E-state index is 12.3. The lowest BCUT2D eigenvalue weighted by Gasteiger charge is -2.13. The number of imidazole rings is 1. The quantitative estimate of drug-likeness (QED) is 0.707. The molecule has 5 nitrogen and oxygen atoms in total. The zero-order chi connectivity index (χ0) is 18.6. The average molecular weight is 359 g/mol. The van der Waals surface area contributed by atoms with Gasteiger partial charge < -0.3 is 14.6 Å².